The maximum absolute atomic E-state index is 12.5. The van der Waals surface area contributed by atoms with E-state index in [4.69, 9.17) is 0 Å². The van der Waals surface area contributed by atoms with Gasteiger partial charge in [0.2, 0.25) is 15.9 Å². The minimum Gasteiger partial charge on any atom is -0.324 e. The van der Waals surface area contributed by atoms with E-state index in [0.717, 1.165) is 10.9 Å². The highest BCUT2D eigenvalue weighted by atomic mass is 32.2. The third kappa shape index (κ3) is 4.74. The van der Waals surface area contributed by atoms with E-state index < -0.39 is 26.5 Å². The van der Waals surface area contributed by atoms with Crippen molar-refractivity contribution in [2.24, 2.45) is 7.05 Å². The second kappa shape index (κ2) is 8.36. The van der Waals surface area contributed by atoms with Crippen LogP contribution in [0.25, 0.3) is 0 Å². The molecular weight excluding hydrogens is 416 g/mol. The van der Waals surface area contributed by atoms with Crippen LogP contribution >= 0.6 is 0 Å². The van der Waals surface area contributed by atoms with Crippen LogP contribution in [0.4, 0.5) is 11.4 Å². The van der Waals surface area contributed by atoms with Crippen LogP contribution in [-0.4, -0.2) is 57.2 Å². The SMILES string of the molecule is Cn1c(C2CCCN(S(C)(=O)=O)C2)nn(CC(=O)Nc2ccc([N+](=O)[O-])cc2)c1=O. The first-order chi connectivity index (χ1) is 14.1. The average Bonchev–Trinajstić information content (AvgIpc) is 2.96. The Labute approximate surface area is 172 Å². The van der Waals surface area contributed by atoms with Crippen LogP contribution in [0, 0.1) is 10.1 Å². The van der Waals surface area contributed by atoms with Gasteiger partial charge in [0.05, 0.1) is 11.2 Å². The van der Waals surface area contributed by atoms with Crippen molar-refractivity contribution in [3.05, 3.63) is 50.7 Å². The van der Waals surface area contributed by atoms with Gasteiger partial charge >= 0.3 is 5.69 Å². The first kappa shape index (κ1) is 21.6. The number of nitro groups is 1. The highest BCUT2D eigenvalue weighted by molar-refractivity contribution is 7.88. The minimum absolute atomic E-state index is 0.103. The predicted octanol–water partition coefficient (Wildman–Crippen LogP) is 0.268. The van der Waals surface area contributed by atoms with Gasteiger partial charge in [-0.15, -0.1) is 0 Å². The van der Waals surface area contributed by atoms with Crippen molar-refractivity contribution < 1.29 is 18.1 Å². The summed E-state index contributed by atoms with van der Waals surface area (Å²) < 4.78 is 27.4. The fourth-order valence-corrected chi connectivity index (χ4v) is 4.33. The summed E-state index contributed by atoms with van der Waals surface area (Å²) in [5.74, 6) is -0.335. The third-order valence-electron chi connectivity index (χ3n) is 4.95. The summed E-state index contributed by atoms with van der Waals surface area (Å²) in [4.78, 5) is 34.9. The summed E-state index contributed by atoms with van der Waals surface area (Å²) in [6, 6.07) is 5.31. The molecule has 30 heavy (non-hydrogen) atoms. The van der Waals surface area contributed by atoms with E-state index in [2.05, 4.69) is 10.4 Å². The van der Waals surface area contributed by atoms with Crippen molar-refractivity contribution in [2.75, 3.05) is 24.7 Å². The highest BCUT2D eigenvalue weighted by Gasteiger charge is 2.30. The van der Waals surface area contributed by atoms with Crippen molar-refractivity contribution in [2.45, 2.75) is 25.3 Å². The Morgan fingerprint density at radius 1 is 1.33 bits per heavy atom. The fraction of sp³-hybridized carbons (Fsp3) is 0.471. The second-order valence-corrected chi connectivity index (χ2v) is 9.15. The Hall–Kier alpha value is -3.06. The van der Waals surface area contributed by atoms with Crippen molar-refractivity contribution in [3.8, 4) is 0 Å². The summed E-state index contributed by atoms with van der Waals surface area (Å²) in [6.07, 6.45) is 2.49. The van der Waals surface area contributed by atoms with Gasteiger partial charge < -0.3 is 5.32 Å². The van der Waals surface area contributed by atoms with Crippen LogP contribution in [0.5, 0.6) is 0 Å². The topological polar surface area (TPSA) is 149 Å². The lowest BCUT2D eigenvalue weighted by Crippen LogP contribution is -2.39. The molecule has 1 aromatic carbocycles. The van der Waals surface area contributed by atoms with Crippen molar-refractivity contribution in [3.63, 3.8) is 0 Å². The van der Waals surface area contributed by atoms with Crippen LogP contribution in [0.3, 0.4) is 0 Å². The Morgan fingerprint density at radius 2 is 2.00 bits per heavy atom. The number of sulfonamides is 1. The summed E-state index contributed by atoms with van der Waals surface area (Å²) >= 11 is 0. The van der Waals surface area contributed by atoms with Crippen LogP contribution in [0.1, 0.15) is 24.6 Å². The van der Waals surface area contributed by atoms with E-state index in [9.17, 15) is 28.1 Å². The number of non-ortho nitro benzene ring substituents is 1. The van der Waals surface area contributed by atoms with Crippen LogP contribution in [0.2, 0.25) is 0 Å². The Bertz CT molecular complexity index is 1120. The maximum atomic E-state index is 12.5. The number of benzene rings is 1. The monoisotopic (exact) mass is 438 g/mol. The smallest absolute Gasteiger partial charge is 0.324 e. The second-order valence-electron chi connectivity index (χ2n) is 7.17. The summed E-state index contributed by atoms with van der Waals surface area (Å²) in [6.45, 7) is 0.325. The van der Waals surface area contributed by atoms with Crippen LogP contribution in [-0.2, 0) is 28.4 Å². The molecule has 1 atom stereocenters. The van der Waals surface area contributed by atoms with E-state index >= 15 is 0 Å². The van der Waals surface area contributed by atoms with Gasteiger partial charge in [0.1, 0.15) is 12.4 Å². The molecule has 162 valence electrons. The first-order valence-corrected chi connectivity index (χ1v) is 11.0. The summed E-state index contributed by atoms with van der Waals surface area (Å²) in [5, 5.41) is 17.5. The molecule has 0 bridgehead atoms. The number of piperidine rings is 1. The molecule has 1 unspecified atom stereocenters. The molecular formula is C17H22N6O6S. The zero-order valence-electron chi connectivity index (χ0n) is 16.5. The average molecular weight is 438 g/mol. The molecule has 13 heteroatoms. The number of hydrogen-bond acceptors (Lipinski definition) is 7. The lowest BCUT2D eigenvalue weighted by Gasteiger charge is -2.30. The Balaban J connectivity index is 1.72. The number of carbonyl (C=O) groups excluding carboxylic acids is 1. The van der Waals surface area contributed by atoms with Gasteiger partial charge in [0.25, 0.3) is 5.69 Å². The summed E-state index contributed by atoms with van der Waals surface area (Å²) in [7, 11) is -1.80. The van der Waals surface area contributed by atoms with Gasteiger partial charge in [-0.05, 0) is 25.0 Å². The molecule has 2 aromatic rings. The molecule has 0 spiro atoms. The van der Waals surface area contributed by atoms with Gasteiger partial charge in [-0.25, -0.2) is 22.2 Å². The Kier molecular flexibility index (Phi) is 6.03. The van der Waals surface area contributed by atoms with E-state index in [1.165, 1.54) is 40.2 Å². The molecule has 0 aliphatic carbocycles. The van der Waals surface area contributed by atoms with E-state index in [0.29, 0.717) is 30.9 Å². The van der Waals surface area contributed by atoms with Gasteiger partial charge in [0, 0.05) is 43.9 Å². The molecule has 2 heterocycles. The molecule has 1 amide bonds. The molecule has 1 aliphatic rings. The largest absolute Gasteiger partial charge is 0.346 e. The molecule has 1 aliphatic heterocycles. The number of rotatable bonds is 6. The molecule has 3 rings (SSSR count). The van der Waals surface area contributed by atoms with Crippen molar-refractivity contribution in [1.29, 1.82) is 0 Å². The van der Waals surface area contributed by atoms with Gasteiger partial charge in [-0.2, -0.15) is 5.10 Å². The number of carbonyl (C=O) groups is 1. The number of nitrogens with zero attached hydrogens (tertiary/aromatic N) is 5. The number of aromatic nitrogens is 3. The third-order valence-corrected chi connectivity index (χ3v) is 6.22. The zero-order valence-corrected chi connectivity index (χ0v) is 17.3. The number of anilines is 1. The molecule has 1 aromatic heterocycles. The standard InChI is InChI=1S/C17H22N6O6S/c1-20-16(12-4-3-9-21(10-12)30(2,28)29)19-22(17(20)25)11-15(24)18-13-5-7-14(8-6-13)23(26)27/h5-8,12H,3-4,9-11H2,1-2H3,(H,18,24). The Morgan fingerprint density at radius 3 is 2.60 bits per heavy atom. The van der Waals surface area contributed by atoms with Crippen molar-refractivity contribution >= 4 is 27.3 Å². The highest BCUT2D eigenvalue weighted by Crippen LogP contribution is 2.26. The minimum atomic E-state index is -3.34. The number of hydrogen-bond donors (Lipinski definition) is 1. The lowest BCUT2D eigenvalue weighted by atomic mass is 9.99. The lowest BCUT2D eigenvalue weighted by molar-refractivity contribution is -0.384. The molecule has 1 fully saturated rings. The van der Waals surface area contributed by atoms with Crippen LogP contribution < -0.4 is 11.0 Å². The summed E-state index contributed by atoms with van der Waals surface area (Å²) in [5.41, 5.74) is -0.236. The number of amides is 1. The number of nitro benzene ring substituents is 1. The number of nitrogens with one attached hydrogen (secondary N) is 1. The maximum Gasteiger partial charge on any atom is 0.346 e. The van der Waals surface area contributed by atoms with E-state index in [1.807, 2.05) is 0 Å². The quantitative estimate of drug-likeness (QED) is 0.502. The van der Waals surface area contributed by atoms with Gasteiger partial charge in [0.15, 0.2) is 0 Å². The predicted molar refractivity (Wildman–Crippen MR) is 108 cm³/mol. The van der Waals surface area contributed by atoms with Gasteiger partial charge in [-0.3, -0.25) is 19.5 Å². The van der Waals surface area contributed by atoms with Crippen LogP contribution in [0.15, 0.2) is 29.1 Å². The molecule has 1 N–H and O–H groups in total. The first-order valence-electron chi connectivity index (χ1n) is 9.19. The molecule has 0 radical (unpaired) electrons. The van der Waals surface area contributed by atoms with E-state index in [1.54, 1.807) is 0 Å². The molecule has 12 nitrogen and oxygen atoms in total. The molecule has 0 saturated carbocycles. The van der Waals surface area contributed by atoms with E-state index in [-0.39, 0.29) is 24.7 Å². The normalized spacial score (nSPS) is 17.6. The fourth-order valence-electron chi connectivity index (χ4n) is 3.42. The van der Waals surface area contributed by atoms with Crippen molar-refractivity contribution in [1.82, 2.24) is 18.7 Å². The molecule has 1 saturated heterocycles. The zero-order chi connectivity index (χ0) is 22.1. The van der Waals surface area contributed by atoms with Gasteiger partial charge in [-0.1, -0.05) is 0 Å².